The van der Waals surface area contributed by atoms with Crippen molar-refractivity contribution >= 4 is 5.78 Å². The van der Waals surface area contributed by atoms with Crippen LogP contribution < -0.4 is 0 Å². The Labute approximate surface area is 152 Å². The van der Waals surface area contributed by atoms with Crippen molar-refractivity contribution in [1.29, 1.82) is 0 Å². The molecule has 0 N–H and O–H groups in total. The van der Waals surface area contributed by atoms with Crippen LogP contribution in [0.5, 0.6) is 0 Å². The van der Waals surface area contributed by atoms with Crippen LogP contribution in [0.1, 0.15) is 73.9 Å². The van der Waals surface area contributed by atoms with Crippen molar-refractivity contribution in [3.63, 3.8) is 0 Å². The molecule has 0 bridgehead atoms. The monoisotopic (exact) mass is 338 g/mol. The Kier molecular flexibility index (Phi) is 9.00. The molecule has 0 saturated heterocycles. The van der Waals surface area contributed by atoms with Crippen molar-refractivity contribution in [1.82, 2.24) is 0 Å². The Morgan fingerprint density at radius 1 is 0.800 bits per heavy atom. The molecule has 0 amide bonds. The minimum atomic E-state index is -0.510. The molecule has 0 aromatic heterocycles. The normalized spacial score (nSPS) is 12.0. The lowest BCUT2D eigenvalue weighted by Crippen LogP contribution is -2.17. The molecule has 0 fully saturated rings. The number of hydrogen-bond acceptors (Lipinski definition) is 2. The van der Waals surface area contributed by atoms with Gasteiger partial charge in [0.05, 0.1) is 0 Å². The summed E-state index contributed by atoms with van der Waals surface area (Å²) >= 11 is 0. The van der Waals surface area contributed by atoms with Gasteiger partial charge in [0.1, 0.15) is 6.10 Å². The van der Waals surface area contributed by atoms with Crippen LogP contribution in [0.3, 0.4) is 0 Å². The third kappa shape index (κ3) is 6.83. The van der Waals surface area contributed by atoms with Crippen LogP contribution in [0.4, 0.5) is 0 Å². The summed E-state index contributed by atoms with van der Waals surface area (Å²) in [5.74, 6) is 0.0368. The highest BCUT2D eigenvalue weighted by molar-refractivity contribution is 6.00. The quantitative estimate of drug-likeness (QED) is 0.331. The Hall–Kier alpha value is -1.93. The lowest BCUT2D eigenvalue weighted by Gasteiger charge is -2.17. The van der Waals surface area contributed by atoms with E-state index in [1.54, 1.807) is 0 Å². The third-order valence-electron chi connectivity index (χ3n) is 4.43. The number of ketones is 1. The molecule has 2 heteroatoms. The summed E-state index contributed by atoms with van der Waals surface area (Å²) in [4.78, 5) is 12.9. The smallest absolute Gasteiger partial charge is 0.196 e. The molecule has 1 atom stereocenters. The summed E-state index contributed by atoms with van der Waals surface area (Å²) < 4.78 is 6.02. The van der Waals surface area contributed by atoms with Crippen LogP contribution in [0, 0.1) is 0 Å². The molecule has 0 spiro atoms. The topological polar surface area (TPSA) is 26.3 Å². The maximum Gasteiger partial charge on any atom is 0.196 e. The summed E-state index contributed by atoms with van der Waals surface area (Å²) in [7, 11) is 0. The highest BCUT2D eigenvalue weighted by atomic mass is 16.5. The van der Waals surface area contributed by atoms with Crippen molar-refractivity contribution in [2.24, 2.45) is 0 Å². The van der Waals surface area contributed by atoms with Crippen LogP contribution in [0.25, 0.3) is 0 Å². The Morgan fingerprint density at radius 2 is 1.36 bits per heavy atom. The fourth-order valence-corrected chi connectivity index (χ4v) is 2.97. The zero-order valence-electron chi connectivity index (χ0n) is 15.3. The van der Waals surface area contributed by atoms with Crippen molar-refractivity contribution in [2.45, 2.75) is 58.0 Å². The molecule has 0 saturated carbocycles. The van der Waals surface area contributed by atoms with Gasteiger partial charge >= 0.3 is 0 Å². The first-order valence-electron chi connectivity index (χ1n) is 9.58. The fraction of sp³-hybridized carbons (Fsp3) is 0.435. The average molecular weight is 338 g/mol. The summed E-state index contributed by atoms with van der Waals surface area (Å²) in [6.07, 6.45) is 8.18. The second-order valence-corrected chi connectivity index (χ2v) is 6.51. The van der Waals surface area contributed by atoms with Gasteiger partial charge in [0.2, 0.25) is 0 Å². The van der Waals surface area contributed by atoms with Gasteiger partial charge in [0.15, 0.2) is 5.78 Å². The van der Waals surface area contributed by atoms with E-state index >= 15 is 0 Å². The Morgan fingerprint density at radius 3 is 2.00 bits per heavy atom. The van der Waals surface area contributed by atoms with Gasteiger partial charge in [-0.3, -0.25) is 4.79 Å². The van der Waals surface area contributed by atoms with E-state index in [1.807, 2.05) is 60.7 Å². The minimum absolute atomic E-state index is 0.0368. The molecule has 1 unspecified atom stereocenters. The van der Waals surface area contributed by atoms with E-state index in [0.29, 0.717) is 12.2 Å². The predicted octanol–water partition coefficient (Wildman–Crippen LogP) is 6.38. The lowest BCUT2D eigenvalue weighted by molar-refractivity contribution is 0.0391. The second kappa shape index (κ2) is 11.6. The van der Waals surface area contributed by atoms with Crippen LogP contribution in [-0.2, 0) is 4.74 Å². The Balaban J connectivity index is 1.87. The summed E-state index contributed by atoms with van der Waals surface area (Å²) in [5.41, 5.74) is 1.63. The van der Waals surface area contributed by atoms with Gasteiger partial charge in [0.25, 0.3) is 0 Å². The highest BCUT2D eigenvalue weighted by Crippen LogP contribution is 2.23. The third-order valence-corrected chi connectivity index (χ3v) is 4.43. The van der Waals surface area contributed by atoms with Gasteiger partial charge in [-0.25, -0.2) is 0 Å². The van der Waals surface area contributed by atoms with Gasteiger partial charge in [-0.05, 0) is 12.0 Å². The first kappa shape index (κ1) is 19.4. The van der Waals surface area contributed by atoms with Crippen LogP contribution >= 0.6 is 0 Å². The number of unbranched alkanes of at least 4 members (excludes halogenated alkanes) is 6. The average Bonchev–Trinajstić information content (AvgIpc) is 2.68. The lowest BCUT2D eigenvalue weighted by atomic mass is 10.00. The molecule has 0 heterocycles. The number of ether oxygens (including phenoxy) is 1. The van der Waals surface area contributed by atoms with Crippen LogP contribution in [-0.4, -0.2) is 12.4 Å². The minimum Gasteiger partial charge on any atom is -0.365 e. The van der Waals surface area contributed by atoms with Crippen molar-refractivity contribution in [3.05, 3.63) is 71.8 Å². The maximum atomic E-state index is 12.9. The van der Waals surface area contributed by atoms with Gasteiger partial charge in [-0.15, -0.1) is 0 Å². The first-order chi connectivity index (χ1) is 12.3. The van der Waals surface area contributed by atoms with Gasteiger partial charge in [-0.1, -0.05) is 106 Å². The highest BCUT2D eigenvalue weighted by Gasteiger charge is 2.22. The second-order valence-electron chi connectivity index (χ2n) is 6.51. The predicted molar refractivity (Wildman–Crippen MR) is 104 cm³/mol. The molecule has 0 aliphatic heterocycles. The van der Waals surface area contributed by atoms with E-state index in [4.69, 9.17) is 4.74 Å². The standard InChI is InChI=1S/C23H30O2/c1-2-3-4-5-6-7-14-19-25-23(21-17-12-9-13-18-21)22(24)20-15-10-8-11-16-20/h8-13,15-18,23H,2-7,14,19H2,1H3. The molecule has 2 rings (SSSR count). The van der Waals surface area contributed by atoms with E-state index < -0.39 is 6.10 Å². The van der Waals surface area contributed by atoms with E-state index in [2.05, 4.69) is 6.92 Å². The van der Waals surface area contributed by atoms with E-state index in [-0.39, 0.29) is 5.78 Å². The summed E-state index contributed by atoms with van der Waals surface area (Å²) in [6, 6.07) is 19.2. The molecular formula is C23H30O2. The van der Waals surface area contributed by atoms with Crippen molar-refractivity contribution in [2.75, 3.05) is 6.61 Å². The van der Waals surface area contributed by atoms with E-state index in [9.17, 15) is 4.79 Å². The van der Waals surface area contributed by atoms with Crippen LogP contribution in [0.2, 0.25) is 0 Å². The number of carbonyl (C=O) groups is 1. The van der Waals surface area contributed by atoms with Crippen molar-refractivity contribution < 1.29 is 9.53 Å². The van der Waals surface area contributed by atoms with E-state index in [1.165, 1.54) is 38.5 Å². The first-order valence-corrected chi connectivity index (χ1v) is 9.58. The molecule has 0 aliphatic rings. The molecule has 0 radical (unpaired) electrons. The number of rotatable bonds is 12. The van der Waals surface area contributed by atoms with E-state index in [0.717, 1.165) is 12.0 Å². The van der Waals surface area contributed by atoms with Gasteiger partial charge in [0, 0.05) is 12.2 Å². The SMILES string of the molecule is CCCCCCCCCOC(C(=O)c1ccccc1)c1ccccc1. The maximum absolute atomic E-state index is 12.9. The number of carbonyl (C=O) groups excluding carboxylic acids is 1. The van der Waals surface area contributed by atoms with Gasteiger partial charge < -0.3 is 4.74 Å². The van der Waals surface area contributed by atoms with Crippen molar-refractivity contribution in [3.8, 4) is 0 Å². The number of hydrogen-bond donors (Lipinski definition) is 0. The zero-order valence-corrected chi connectivity index (χ0v) is 15.3. The Bertz CT molecular complexity index is 592. The molecule has 0 aliphatic carbocycles. The van der Waals surface area contributed by atoms with Crippen LogP contribution in [0.15, 0.2) is 60.7 Å². The largest absolute Gasteiger partial charge is 0.365 e. The fourth-order valence-electron chi connectivity index (χ4n) is 2.97. The molecule has 25 heavy (non-hydrogen) atoms. The number of benzene rings is 2. The summed E-state index contributed by atoms with van der Waals surface area (Å²) in [6.45, 7) is 2.87. The zero-order chi connectivity index (χ0) is 17.7. The molecular weight excluding hydrogens is 308 g/mol. The van der Waals surface area contributed by atoms with Gasteiger partial charge in [-0.2, -0.15) is 0 Å². The molecule has 2 aromatic rings. The molecule has 2 nitrogen and oxygen atoms in total. The molecule has 2 aromatic carbocycles. The number of Topliss-reactive ketones (excluding diaryl/α,β-unsaturated/α-hetero) is 1. The summed E-state index contributed by atoms with van der Waals surface area (Å²) in [5, 5.41) is 0. The molecule has 134 valence electrons.